The van der Waals surface area contributed by atoms with E-state index in [-0.39, 0.29) is 0 Å². The fraction of sp³-hybridized carbons (Fsp3) is 0.400. The Labute approximate surface area is 114 Å². The first-order valence-corrected chi connectivity index (χ1v) is 6.71. The molecule has 0 spiro atoms. The third-order valence-electron chi connectivity index (χ3n) is 2.87. The van der Waals surface area contributed by atoms with Gasteiger partial charge in [-0.1, -0.05) is 18.2 Å². The molecule has 1 heterocycles. The summed E-state index contributed by atoms with van der Waals surface area (Å²) in [6, 6.07) is 10.4. The predicted octanol–water partition coefficient (Wildman–Crippen LogP) is 2.33. The van der Waals surface area contributed by atoms with Crippen molar-refractivity contribution in [1.29, 1.82) is 0 Å². The van der Waals surface area contributed by atoms with Crippen molar-refractivity contribution >= 4 is 0 Å². The minimum atomic E-state index is 0.436. The van der Waals surface area contributed by atoms with Crippen LogP contribution >= 0.6 is 0 Å². The van der Waals surface area contributed by atoms with Gasteiger partial charge in [0, 0.05) is 25.0 Å². The molecule has 4 nitrogen and oxygen atoms in total. The zero-order chi connectivity index (χ0) is 13.3. The van der Waals surface area contributed by atoms with Crippen molar-refractivity contribution in [3.63, 3.8) is 0 Å². The average molecular weight is 259 g/mol. The van der Waals surface area contributed by atoms with Crippen molar-refractivity contribution in [3.8, 4) is 5.75 Å². The van der Waals surface area contributed by atoms with Crippen LogP contribution in [0, 0.1) is 0 Å². The summed E-state index contributed by atoms with van der Waals surface area (Å²) in [7, 11) is 0. The first kappa shape index (κ1) is 13.6. The summed E-state index contributed by atoms with van der Waals surface area (Å²) in [4.78, 5) is 4.03. The van der Waals surface area contributed by atoms with E-state index < -0.39 is 0 Å². The largest absolute Gasteiger partial charge is 0.494 e. The molecule has 0 bridgehead atoms. The molecule has 1 aromatic carbocycles. The fourth-order valence-electron chi connectivity index (χ4n) is 1.90. The monoisotopic (exact) mass is 259 g/mol. The first-order valence-electron chi connectivity index (χ1n) is 6.71. The lowest BCUT2D eigenvalue weighted by molar-refractivity contribution is 0.304. The van der Waals surface area contributed by atoms with Crippen molar-refractivity contribution in [2.45, 2.75) is 25.9 Å². The summed E-state index contributed by atoms with van der Waals surface area (Å²) < 4.78 is 7.72. The molecule has 0 radical (unpaired) electrons. The Kier molecular flexibility index (Phi) is 5.44. The molecule has 1 unspecified atom stereocenters. The summed E-state index contributed by atoms with van der Waals surface area (Å²) >= 11 is 0. The van der Waals surface area contributed by atoms with E-state index in [1.165, 1.54) is 0 Å². The van der Waals surface area contributed by atoms with Crippen LogP contribution < -0.4 is 10.1 Å². The van der Waals surface area contributed by atoms with E-state index in [0.29, 0.717) is 6.04 Å². The maximum Gasteiger partial charge on any atom is 0.119 e. The molecule has 0 amide bonds. The average Bonchev–Trinajstić information content (AvgIpc) is 2.92. The number of aromatic nitrogens is 2. The van der Waals surface area contributed by atoms with Crippen LogP contribution in [-0.2, 0) is 6.54 Å². The highest BCUT2D eigenvalue weighted by atomic mass is 16.5. The molecule has 0 saturated heterocycles. The molecule has 0 saturated carbocycles. The molecule has 2 rings (SSSR count). The number of para-hydroxylation sites is 1. The van der Waals surface area contributed by atoms with Gasteiger partial charge >= 0.3 is 0 Å². The standard InChI is InChI=1S/C15H21N3O/c1-14(12-18-10-9-16-13-18)17-8-5-11-19-15-6-3-2-4-7-15/h2-4,6-7,9-10,13-14,17H,5,8,11-12H2,1H3. The predicted molar refractivity (Wildman–Crippen MR) is 76.2 cm³/mol. The number of nitrogens with zero attached hydrogens (tertiary/aromatic N) is 2. The number of ether oxygens (including phenoxy) is 1. The minimum absolute atomic E-state index is 0.436. The number of hydrogen-bond donors (Lipinski definition) is 1. The summed E-state index contributed by atoms with van der Waals surface area (Å²) in [6.07, 6.45) is 6.64. The van der Waals surface area contributed by atoms with Crippen LogP contribution in [0.5, 0.6) is 5.75 Å². The van der Waals surface area contributed by atoms with Crippen LogP contribution in [-0.4, -0.2) is 28.7 Å². The second kappa shape index (κ2) is 7.59. The molecule has 1 atom stereocenters. The first-order chi connectivity index (χ1) is 9.34. The summed E-state index contributed by atoms with van der Waals surface area (Å²) in [6.45, 7) is 4.83. The van der Waals surface area contributed by atoms with E-state index in [1.54, 1.807) is 6.20 Å². The summed E-state index contributed by atoms with van der Waals surface area (Å²) in [5.74, 6) is 0.939. The topological polar surface area (TPSA) is 39.1 Å². The Bertz CT molecular complexity index is 442. The van der Waals surface area contributed by atoms with E-state index in [1.807, 2.05) is 42.9 Å². The fourth-order valence-corrected chi connectivity index (χ4v) is 1.90. The van der Waals surface area contributed by atoms with Gasteiger partial charge in [0.15, 0.2) is 0 Å². The number of nitrogens with one attached hydrogen (secondary N) is 1. The van der Waals surface area contributed by atoms with E-state index in [0.717, 1.165) is 31.9 Å². The maximum atomic E-state index is 5.64. The van der Waals surface area contributed by atoms with Gasteiger partial charge in [-0.05, 0) is 32.0 Å². The number of imidazole rings is 1. The molecule has 0 aliphatic carbocycles. The number of rotatable bonds is 8. The van der Waals surface area contributed by atoms with Crippen molar-refractivity contribution < 1.29 is 4.74 Å². The Morgan fingerprint density at radius 2 is 2.16 bits per heavy atom. The van der Waals surface area contributed by atoms with Crippen LogP contribution in [0.1, 0.15) is 13.3 Å². The van der Waals surface area contributed by atoms with Gasteiger partial charge in [-0.3, -0.25) is 0 Å². The quantitative estimate of drug-likeness (QED) is 0.740. The van der Waals surface area contributed by atoms with Gasteiger partial charge in [0.2, 0.25) is 0 Å². The zero-order valence-electron chi connectivity index (χ0n) is 11.3. The van der Waals surface area contributed by atoms with Gasteiger partial charge in [0.25, 0.3) is 0 Å². The molecule has 1 N–H and O–H groups in total. The van der Waals surface area contributed by atoms with Crippen LogP contribution in [0.3, 0.4) is 0 Å². The van der Waals surface area contributed by atoms with Crippen LogP contribution in [0.4, 0.5) is 0 Å². The Balaban J connectivity index is 1.54. The Hall–Kier alpha value is -1.81. The van der Waals surface area contributed by atoms with Crippen molar-refractivity contribution in [1.82, 2.24) is 14.9 Å². The zero-order valence-corrected chi connectivity index (χ0v) is 11.3. The lowest BCUT2D eigenvalue weighted by Crippen LogP contribution is -2.31. The van der Waals surface area contributed by atoms with Gasteiger partial charge in [0.05, 0.1) is 12.9 Å². The minimum Gasteiger partial charge on any atom is -0.494 e. The highest BCUT2D eigenvalue weighted by Crippen LogP contribution is 2.08. The van der Waals surface area contributed by atoms with Gasteiger partial charge in [-0.15, -0.1) is 0 Å². The van der Waals surface area contributed by atoms with E-state index in [9.17, 15) is 0 Å². The highest BCUT2D eigenvalue weighted by Gasteiger charge is 2.01. The number of benzene rings is 1. The van der Waals surface area contributed by atoms with E-state index >= 15 is 0 Å². The lowest BCUT2D eigenvalue weighted by Gasteiger charge is -2.14. The molecular formula is C15H21N3O. The van der Waals surface area contributed by atoms with Gasteiger partial charge in [-0.25, -0.2) is 4.98 Å². The SMILES string of the molecule is CC(Cn1ccnc1)NCCCOc1ccccc1. The van der Waals surface area contributed by atoms with E-state index in [4.69, 9.17) is 4.74 Å². The van der Waals surface area contributed by atoms with E-state index in [2.05, 4.69) is 21.8 Å². The smallest absolute Gasteiger partial charge is 0.119 e. The third kappa shape index (κ3) is 5.14. The molecule has 0 fully saturated rings. The van der Waals surface area contributed by atoms with Crippen LogP contribution in [0.25, 0.3) is 0 Å². The normalized spacial score (nSPS) is 12.3. The molecule has 102 valence electrons. The number of hydrogen-bond acceptors (Lipinski definition) is 3. The summed E-state index contributed by atoms with van der Waals surface area (Å²) in [5, 5.41) is 3.48. The maximum absolute atomic E-state index is 5.64. The van der Waals surface area contributed by atoms with Crippen molar-refractivity contribution in [2.24, 2.45) is 0 Å². The van der Waals surface area contributed by atoms with Crippen molar-refractivity contribution in [3.05, 3.63) is 49.1 Å². The Morgan fingerprint density at radius 3 is 2.89 bits per heavy atom. The van der Waals surface area contributed by atoms with Gasteiger partial charge in [0.1, 0.15) is 5.75 Å². The van der Waals surface area contributed by atoms with Crippen LogP contribution in [0.2, 0.25) is 0 Å². The molecule has 0 aliphatic heterocycles. The van der Waals surface area contributed by atoms with Gasteiger partial charge < -0.3 is 14.6 Å². The molecule has 4 heteroatoms. The third-order valence-corrected chi connectivity index (χ3v) is 2.87. The molecule has 1 aromatic heterocycles. The van der Waals surface area contributed by atoms with Crippen LogP contribution in [0.15, 0.2) is 49.1 Å². The Morgan fingerprint density at radius 1 is 1.32 bits per heavy atom. The molecule has 2 aromatic rings. The second-order valence-corrected chi connectivity index (χ2v) is 4.63. The summed E-state index contributed by atoms with van der Waals surface area (Å²) in [5.41, 5.74) is 0. The highest BCUT2D eigenvalue weighted by molar-refractivity contribution is 5.20. The second-order valence-electron chi connectivity index (χ2n) is 4.63. The van der Waals surface area contributed by atoms with Gasteiger partial charge in [-0.2, -0.15) is 0 Å². The lowest BCUT2D eigenvalue weighted by atomic mass is 10.3. The molecule has 19 heavy (non-hydrogen) atoms. The molecular weight excluding hydrogens is 238 g/mol. The molecule has 0 aliphatic rings. The van der Waals surface area contributed by atoms with Crippen molar-refractivity contribution in [2.75, 3.05) is 13.2 Å².